The van der Waals surface area contributed by atoms with E-state index in [1.165, 1.54) is 17.0 Å². The zero-order valence-electron chi connectivity index (χ0n) is 11.3. The molecule has 3 heterocycles. The Morgan fingerprint density at radius 3 is 2.94 bits per heavy atom. The van der Waals surface area contributed by atoms with Gasteiger partial charge in [-0.2, -0.15) is 0 Å². The monoisotopic (exact) mass is 247 g/mol. The molecule has 4 nitrogen and oxygen atoms in total. The van der Waals surface area contributed by atoms with Crippen LogP contribution >= 0.6 is 0 Å². The number of hydrogen-bond acceptors (Lipinski definition) is 4. The van der Waals surface area contributed by atoms with Crippen molar-refractivity contribution in [3.8, 4) is 0 Å². The summed E-state index contributed by atoms with van der Waals surface area (Å²) in [5.74, 6) is 0.894. The number of aryl methyl sites for hydroxylation is 1. The molecule has 3 rings (SSSR count). The zero-order valence-corrected chi connectivity index (χ0v) is 11.3. The summed E-state index contributed by atoms with van der Waals surface area (Å²) in [5.41, 5.74) is 3.46. The van der Waals surface area contributed by atoms with Crippen molar-refractivity contribution in [3.05, 3.63) is 22.8 Å². The van der Waals surface area contributed by atoms with Crippen LogP contribution in [-0.2, 0) is 29.8 Å². The molecule has 18 heavy (non-hydrogen) atoms. The molecule has 0 spiro atoms. The fourth-order valence-corrected chi connectivity index (χ4v) is 2.87. The summed E-state index contributed by atoms with van der Waals surface area (Å²) in [5, 5.41) is 3.37. The van der Waals surface area contributed by atoms with Gasteiger partial charge >= 0.3 is 0 Å². The minimum absolute atomic E-state index is 0.264. The van der Waals surface area contributed by atoms with Gasteiger partial charge in [0.1, 0.15) is 5.60 Å². The minimum Gasteiger partial charge on any atom is -0.367 e. The van der Waals surface area contributed by atoms with E-state index in [9.17, 15) is 0 Å². The van der Waals surface area contributed by atoms with Crippen LogP contribution in [-0.4, -0.2) is 16.6 Å². The predicted molar refractivity (Wildman–Crippen MR) is 69.1 cm³/mol. The Labute approximate surface area is 108 Å². The van der Waals surface area contributed by atoms with E-state index < -0.39 is 0 Å². The molecule has 0 aromatic carbocycles. The standard InChI is InChI=1S/C14H21N3O/c1-3-5-11-10-8-15-9-12(10)17-13(16-11)14(2)6-4-7-18-14/h15H,3-9H2,1-2H3. The fraction of sp³-hybridized carbons (Fsp3) is 0.714. The topological polar surface area (TPSA) is 47.0 Å². The second-order valence-electron chi connectivity index (χ2n) is 5.46. The highest BCUT2D eigenvalue weighted by atomic mass is 16.5. The Morgan fingerprint density at radius 1 is 1.33 bits per heavy atom. The Balaban J connectivity index is 2.03. The highest BCUT2D eigenvalue weighted by molar-refractivity contribution is 5.30. The van der Waals surface area contributed by atoms with Gasteiger partial charge in [0, 0.05) is 31.0 Å². The summed E-state index contributed by atoms with van der Waals surface area (Å²) in [4.78, 5) is 9.56. The lowest BCUT2D eigenvalue weighted by Gasteiger charge is -2.23. The summed E-state index contributed by atoms with van der Waals surface area (Å²) < 4.78 is 5.87. The molecule has 1 saturated heterocycles. The molecule has 1 aromatic rings. The van der Waals surface area contributed by atoms with Crippen molar-refractivity contribution in [2.45, 2.75) is 58.2 Å². The molecule has 0 aliphatic carbocycles. The average Bonchev–Trinajstić information content (AvgIpc) is 2.98. The molecule has 0 saturated carbocycles. The molecule has 98 valence electrons. The van der Waals surface area contributed by atoms with Crippen LogP contribution < -0.4 is 5.32 Å². The van der Waals surface area contributed by atoms with Gasteiger partial charge in [-0.1, -0.05) is 13.3 Å². The van der Waals surface area contributed by atoms with E-state index in [4.69, 9.17) is 14.7 Å². The van der Waals surface area contributed by atoms with Crippen LogP contribution in [0.4, 0.5) is 0 Å². The van der Waals surface area contributed by atoms with Crippen LogP contribution in [0.15, 0.2) is 0 Å². The van der Waals surface area contributed by atoms with Gasteiger partial charge < -0.3 is 10.1 Å². The Kier molecular flexibility index (Phi) is 3.08. The van der Waals surface area contributed by atoms with Crippen LogP contribution in [0.3, 0.4) is 0 Å². The number of ether oxygens (including phenoxy) is 1. The lowest BCUT2D eigenvalue weighted by Crippen LogP contribution is -2.25. The van der Waals surface area contributed by atoms with E-state index in [-0.39, 0.29) is 5.60 Å². The van der Waals surface area contributed by atoms with Gasteiger partial charge in [-0.3, -0.25) is 0 Å². The van der Waals surface area contributed by atoms with Gasteiger partial charge in [0.2, 0.25) is 0 Å². The molecule has 0 radical (unpaired) electrons. The summed E-state index contributed by atoms with van der Waals surface area (Å²) in [6.07, 6.45) is 4.30. The smallest absolute Gasteiger partial charge is 0.160 e. The van der Waals surface area contributed by atoms with Gasteiger partial charge in [0.05, 0.1) is 5.69 Å². The SMILES string of the molecule is CCCc1nc(C2(C)CCCO2)nc2c1CNC2. The van der Waals surface area contributed by atoms with Crippen LogP contribution in [0.5, 0.6) is 0 Å². The third kappa shape index (κ3) is 1.93. The fourth-order valence-electron chi connectivity index (χ4n) is 2.87. The molecule has 0 bridgehead atoms. The normalized spacial score (nSPS) is 26.6. The molecule has 0 amide bonds. The van der Waals surface area contributed by atoms with Crippen molar-refractivity contribution < 1.29 is 4.74 Å². The minimum atomic E-state index is -0.264. The van der Waals surface area contributed by atoms with Crippen LogP contribution in [0, 0.1) is 0 Å². The largest absolute Gasteiger partial charge is 0.367 e. The summed E-state index contributed by atoms with van der Waals surface area (Å²) >= 11 is 0. The first kappa shape index (κ1) is 12.1. The molecule has 1 unspecified atom stereocenters. The van der Waals surface area contributed by atoms with Gasteiger partial charge in [-0.15, -0.1) is 0 Å². The first-order chi connectivity index (χ1) is 8.73. The summed E-state index contributed by atoms with van der Waals surface area (Å²) in [6.45, 7) is 6.95. The van der Waals surface area contributed by atoms with E-state index in [1.807, 2.05) is 0 Å². The van der Waals surface area contributed by atoms with Crippen LogP contribution in [0.25, 0.3) is 0 Å². The molecule has 2 aliphatic rings. The summed E-state index contributed by atoms with van der Waals surface area (Å²) in [7, 11) is 0. The average molecular weight is 247 g/mol. The van der Waals surface area contributed by atoms with Gasteiger partial charge in [-0.05, 0) is 26.2 Å². The first-order valence-electron chi connectivity index (χ1n) is 6.97. The second-order valence-corrected chi connectivity index (χ2v) is 5.46. The van der Waals surface area contributed by atoms with E-state index in [0.29, 0.717) is 0 Å². The van der Waals surface area contributed by atoms with Crippen molar-refractivity contribution in [2.24, 2.45) is 0 Å². The Morgan fingerprint density at radius 2 is 2.22 bits per heavy atom. The van der Waals surface area contributed by atoms with E-state index in [2.05, 4.69) is 19.2 Å². The molecule has 1 N–H and O–H groups in total. The van der Waals surface area contributed by atoms with Gasteiger partial charge in [0.15, 0.2) is 5.82 Å². The first-order valence-corrected chi connectivity index (χ1v) is 6.97. The molecular weight excluding hydrogens is 226 g/mol. The quantitative estimate of drug-likeness (QED) is 0.888. The second kappa shape index (κ2) is 4.59. The maximum Gasteiger partial charge on any atom is 0.160 e. The molecule has 4 heteroatoms. The predicted octanol–water partition coefficient (Wildman–Crippen LogP) is 2.06. The van der Waals surface area contributed by atoms with Crippen molar-refractivity contribution in [1.82, 2.24) is 15.3 Å². The lowest BCUT2D eigenvalue weighted by molar-refractivity contribution is 0.00897. The third-order valence-electron chi connectivity index (χ3n) is 3.95. The number of fused-ring (bicyclic) bond motifs is 1. The highest BCUT2D eigenvalue weighted by Crippen LogP contribution is 2.34. The highest BCUT2D eigenvalue weighted by Gasteiger charge is 2.36. The molecule has 1 aromatic heterocycles. The molecule has 1 fully saturated rings. The Bertz CT molecular complexity index is 453. The van der Waals surface area contributed by atoms with Crippen molar-refractivity contribution >= 4 is 0 Å². The molecular formula is C14H21N3O. The van der Waals surface area contributed by atoms with E-state index in [0.717, 1.165) is 51.2 Å². The van der Waals surface area contributed by atoms with Crippen molar-refractivity contribution in [2.75, 3.05) is 6.61 Å². The van der Waals surface area contributed by atoms with E-state index >= 15 is 0 Å². The van der Waals surface area contributed by atoms with Gasteiger partial charge in [-0.25, -0.2) is 9.97 Å². The number of nitrogens with zero attached hydrogens (tertiary/aromatic N) is 2. The number of hydrogen-bond donors (Lipinski definition) is 1. The number of rotatable bonds is 3. The lowest BCUT2D eigenvalue weighted by atomic mass is 10.0. The molecule has 2 aliphatic heterocycles. The van der Waals surface area contributed by atoms with Crippen molar-refractivity contribution in [3.63, 3.8) is 0 Å². The Hall–Kier alpha value is -1.00. The van der Waals surface area contributed by atoms with Gasteiger partial charge in [0.25, 0.3) is 0 Å². The van der Waals surface area contributed by atoms with Crippen molar-refractivity contribution in [1.29, 1.82) is 0 Å². The number of aromatic nitrogens is 2. The van der Waals surface area contributed by atoms with Crippen LogP contribution in [0.2, 0.25) is 0 Å². The van der Waals surface area contributed by atoms with Crippen LogP contribution in [0.1, 0.15) is 55.9 Å². The third-order valence-corrected chi connectivity index (χ3v) is 3.95. The zero-order chi connectivity index (χ0) is 12.6. The maximum atomic E-state index is 5.87. The molecule has 1 atom stereocenters. The number of nitrogens with one attached hydrogen (secondary N) is 1. The summed E-state index contributed by atoms with van der Waals surface area (Å²) in [6, 6.07) is 0. The maximum absolute atomic E-state index is 5.87. The van der Waals surface area contributed by atoms with E-state index in [1.54, 1.807) is 0 Å².